The van der Waals surface area contributed by atoms with E-state index in [4.69, 9.17) is 0 Å². The van der Waals surface area contributed by atoms with Gasteiger partial charge in [-0.2, -0.15) is 0 Å². The fraction of sp³-hybridized carbons (Fsp3) is 0.150. The van der Waals surface area contributed by atoms with Crippen molar-refractivity contribution in [3.05, 3.63) is 76.6 Å². The Hall–Kier alpha value is -3.35. The number of nitrogens with one attached hydrogen (secondary N) is 2. The number of nitrogens with zero attached hydrogens (tertiary/aromatic N) is 2. The molecule has 0 aliphatic carbocycles. The molecule has 1 aromatic heterocycles. The summed E-state index contributed by atoms with van der Waals surface area (Å²) in [7, 11) is 0. The first-order chi connectivity index (χ1) is 12.8. The predicted octanol–water partition coefficient (Wildman–Crippen LogP) is 4.68. The van der Waals surface area contributed by atoms with Crippen LogP contribution in [0.3, 0.4) is 0 Å². The summed E-state index contributed by atoms with van der Waals surface area (Å²) in [6.45, 7) is 5.84. The molecule has 2 N–H and O–H groups in total. The number of hydrogen-bond acceptors (Lipinski definition) is 4. The van der Waals surface area contributed by atoms with Gasteiger partial charge in [0.1, 0.15) is 5.69 Å². The summed E-state index contributed by atoms with van der Waals surface area (Å²) in [4.78, 5) is 20.7. The molecule has 0 atom stereocenters. The Balaban J connectivity index is 1.80. The highest BCUT2D eigenvalue weighted by Crippen LogP contribution is 2.23. The number of aryl methyl sites for hydroxylation is 3. The first-order valence-electron chi connectivity index (χ1n) is 8.28. The van der Waals surface area contributed by atoms with Crippen LogP contribution in [0.1, 0.15) is 27.2 Å². The zero-order valence-corrected chi connectivity index (χ0v) is 15.1. The molecule has 0 fully saturated rings. The Kier molecular flexibility index (Phi) is 5.12. The molecule has 1 amide bonds. The van der Waals surface area contributed by atoms with Gasteiger partial charge in [-0.05, 0) is 50.1 Å². The summed E-state index contributed by atoms with van der Waals surface area (Å²) in [5.41, 5.74) is 4.18. The van der Waals surface area contributed by atoms with Crippen molar-refractivity contribution in [1.82, 2.24) is 9.97 Å². The Morgan fingerprint density at radius 2 is 1.67 bits per heavy atom. The topological polar surface area (TPSA) is 66.9 Å². The van der Waals surface area contributed by atoms with Crippen LogP contribution in [0.15, 0.2) is 42.6 Å². The quantitative estimate of drug-likeness (QED) is 0.702. The van der Waals surface area contributed by atoms with Crippen molar-refractivity contribution < 1.29 is 13.6 Å². The van der Waals surface area contributed by atoms with Crippen molar-refractivity contribution in [1.29, 1.82) is 0 Å². The number of aromatic nitrogens is 2. The maximum Gasteiger partial charge on any atom is 0.274 e. The monoisotopic (exact) mass is 368 g/mol. The summed E-state index contributed by atoms with van der Waals surface area (Å²) in [5, 5.41) is 5.62. The van der Waals surface area contributed by atoms with Crippen LogP contribution in [0.5, 0.6) is 0 Å². The van der Waals surface area contributed by atoms with Gasteiger partial charge in [-0.3, -0.25) is 4.79 Å². The fourth-order valence-electron chi connectivity index (χ4n) is 2.80. The van der Waals surface area contributed by atoms with Gasteiger partial charge in [0, 0.05) is 23.6 Å². The fourth-order valence-corrected chi connectivity index (χ4v) is 2.80. The lowest BCUT2D eigenvalue weighted by Crippen LogP contribution is -2.16. The highest BCUT2D eigenvalue weighted by Gasteiger charge is 2.13. The zero-order valence-electron chi connectivity index (χ0n) is 15.1. The Labute approximate surface area is 155 Å². The maximum absolute atomic E-state index is 13.3. The third-order valence-corrected chi connectivity index (χ3v) is 3.98. The van der Waals surface area contributed by atoms with E-state index in [0.717, 1.165) is 34.5 Å². The van der Waals surface area contributed by atoms with Crippen LogP contribution in [0.4, 0.5) is 26.1 Å². The van der Waals surface area contributed by atoms with Gasteiger partial charge < -0.3 is 10.6 Å². The molecule has 3 rings (SSSR count). The highest BCUT2D eigenvalue weighted by molar-refractivity contribution is 6.03. The lowest BCUT2D eigenvalue weighted by atomic mass is 10.1. The van der Waals surface area contributed by atoms with Crippen LogP contribution in [0.2, 0.25) is 0 Å². The van der Waals surface area contributed by atoms with Gasteiger partial charge >= 0.3 is 0 Å². The molecule has 0 spiro atoms. The maximum atomic E-state index is 13.3. The Morgan fingerprint density at radius 3 is 2.33 bits per heavy atom. The molecule has 3 aromatic rings. The van der Waals surface area contributed by atoms with Crippen molar-refractivity contribution >= 4 is 23.2 Å². The molecule has 0 aliphatic heterocycles. The van der Waals surface area contributed by atoms with E-state index in [9.17, 15) is 13.6 Å². The minimum atomic E-state index is -0.987. The molecular formula is C20H18F2N4O. The molecule has 138 valence electrons. The van der Waals surface area contributed by atoms with Crippen molar-refractivity contribution in [2.24, 2.45) is 0 Å². The average molecular weight is 368 g/mol. The van der Waals surface area contributed by atoms with Crippen LogP contribution >= 0.6 is 0 Å². The minimum Gasteiger partial charge on any atom is -0.324 e. The zero-order chi connectivity index (χ0) is 19.6. The third-order valence-electron chi connectivity index (χ3n) is 3.98. The van der Waals surface area contributed by atoms with Gasteiger partial charge in [0.2, 0.25) is 5.95 Å². The first-order valence-corrected chi connectivity index (χ1v) is 8.28. The number of rotatable bonds is 4. The lowest BCUT2D eigenvalue weighted by Gasteiger charge is -2.13. The van der Waals surface area contributed by atoms with E-state index >= 15 is 0 Å². The first kappa shape index (κ1) is 18.4. The molecule has 0 saturated carbocycles. The number of benzene rings is 2. The van der Waals surface area contributed by atoms with E-state index in [2.05, 4.69) is 20.6 Å². The third kappa shape index (κ3) is 4.25. The predicted molar refractivity (Wildman–Crippen MR) is 100 cm³/mol. The van der Waals surface area contributed by atoms with E-state index in [-0.39, 0.29) is 23.2 Å². The summed E-state index contributed by atoms with van der Waals surface area (Å²) < 4.78 is 26.3. The molecule has 0 unspecified atom stereocenters. The van der Waals surface area contributed by atoms with E-state index < -0.39 is 11.6 Å². The van der Waals surface area contributed by atoms with E-state index in [1.165, 1.54) is 18.3 Å². The van der Waals surface area contributed by atoms with Crippen molar-refractivity contribution in [2.75, 3.05) is 10.6 Å². The van der Waals surface area contributed by atoms with E-state index in [1.54, 1.807) is 0 Å². The summed E-state index contributed by atoms with van der Waals surface area (Å²) in [5.74, 6) is -2.22. The van der Waals surface area contributed by atoms with Crippen LogP contribution < -0.4 is 10.6 Å². The average Bonchev–Trinajstić information content (AvgIpc) is 2.61. The Bertz CT molecular complexity index is 998. The molecular weight excluding hydrogens is 350 g/mol. The van der Waals surface area contributed by atoms with Crippen LogP contribution in [-0.4, -0.2) is 15.9 Å². The SMILES string of the molecule is Cc1cc(C)c(NC(=O)c2ccnc(Nc3ccc(F)c(F)c3)n2)c(C)c1. The highest BCUT2D eigenvalue weighted by atomic mass is 19.2. The van der Waals surface area contributed by atoms with Crippen molar-refractivity contribution in [3.8, 4) is 0 Å². The summed E-state index contributed by atoms with van der Waals surface area (Å²) in [6, 6.07) is 8.79. The van der Waals surface area contributed by atoms with Gasteiger partial charge in [-0.15, -0.1) is 0 Å². The van der Waals surface area contributed by atoms with Gasteiger partial charge in [-0.1, -0.05) is 17.7 Å². The van der Waals surface area contributed by atoms with Crippen LogP contribution in [0, 0.1) is 32.4 Å². The smallest absolute Gasteiger partial charge is 0.274 e. The standard InChI is InChI=1S/C20H18F2N4O/c1-11-8-12(2)18(13(3)9-11)26-19(27)17-6-7-23-20(25-17)24-14-4-5-15(21)16(22)10-14/h4-10H,1-3H3,(H,26,27)(H,23,24,25). The molecule has 5 nitrogen and oxygen atoms in total. The molecule has 0 aliphatic rings. The molecule has 0 saturated heterocycles. The summed E-state index contributed by atoms with van der Waals surface area (Å²) >= 11 is 0. The molecule has 2 aromatic carbocycles. The number of carbonyl (C=O) groups is 1. The Morgan fingerprint density at radius 1 is 0.963 bits per heavy atom. The number of anilines is 3. The van der Waals surface area contributed by atoms with Crippen molar-refractivity contribution in [2.45, 2.75) is 20.8 Å². The van der Waals surface area contributed by atoms with Crippen LogP contribution in [0.25, 0.3) is 0 Å². The molecule has 1 heterocycles. The van der Waals surface area contributed by atoms with Gasteiger partial charge in [0.05, 0.1) is 0 Å². The van der Waals surface area contributed by atoms with Gasteiger partial charge in [0.15, 0.2) is 11.6 Å². The second-order valence-electron chi connectivity index (χ2n) is 6.25. The molecule has 7 heteroatoms. The molecule has 0 bridgehead atoms. The largest absolute Gasteiger partial charge is 0.324 e. The number of carbonyl (C=O) groups excluding carboxylic acids is 1. The van der Waals surface area contributed by atoms with Gasteiger partial charge in [0.25, 0.3) is 5.91 Å². The second-order valence-corrected chi connectivity index (χ2v) is 6.25. The number of hydrogen-bond donors (Lipinski definition) is 2. The summed E-state index contributed by atoms with van der Waals surface area (Å²) in [6.07, 6.45) is 1.42. The number of amides is 1. The van der Waals surface area contributed by atoms with Crippen molar-refractivity contribution in [3.63, 3.8) is 0 Å². The van der Waals surface area contributed by atoms with Crippen LogP contribution in [-0.2, 0) is 0 Å². The van der Waals surface area contributed by atoms with Gasteiger partial charge in [-0.25, -0.2) is 18.7 Å². The van der Waals surface area contributed by atoms with E-state index in [1.807, 2.05) is 32.9 Å². The lowest BCUT2D eigenvalue weighted by molar-refractivity contribution is 0.102. The van der Waals surface area contributed by atoms with E-state index in [0.29, 0.717) is 0 Å². The molecule has 0 radical (unpaired) electrons. The minimum absolute atomic E-state index is 0.103. The molecule has 27 heavy (non-hydrogen) atoms. The normalized spacial score (nSPS) is 10.6. The number of halogens is 2. The second kappa shape index (κ2) is 7.49.